The molecule has 0 aliphatic rings. The number of aryl methyl sites for hydroxylation is 1. The van der Waals surface area contributed by atoms with Crippen LogP contribution in [-0.2, 0) is 9.59 Å². The van der Waals surface area contributed by atoms with E-state index in [4.69, 9.17) is 0 Å². The first kappa shape index (κ1) is 14.5. The number of phenols is 1. The van der Waals surface area contributed by atoms with E-state index < -0.39 is 17.6 Å². The lowest BCUT2D eigenvalue weighted by Crippen LogP contribution is -2.29. The maximum atomic E-state index is 12.7. The van der Waals surface area contributed by atoms with Gasteiger partial charge in [-0.05, 0) is 48.9 Å². The summed E-state index contributed by atoms with van der Waals surface area (Å²) in [6.45, 7) is 1.79. The van der Waals surface area contributed by atoms with Crippen molar-refractivity contribution in [1.29, 1.82) is 0 Å². The van der Waals surface area contributed by atoms with Gasteiger partial charge in [0.15, 0.2) is 0 Å². The first-order chi connectivity index (χ1) is 9.95. The minimum Gasteiger partial charge on any atom is -0.506 e. The molecule has 0 bridgehead atoms. The number of nitrogens with one attached hydrogen (secondary N) is 2. The molecule has 0 atom stereocenters. The number of carbonyl (C=O) groups excluding carboxylic acids is 2. The molecule has 3 N–H and O–H groups in total. The van der Waals surface area contributed by atoms with Crippen LogP contribution in [0.15, 0.2) is 42.5 Å². The highest BCUT2D eigenvalue weighted by molar-refractivity contribution is 6.43. The average Bonchev–Trinajstić information content (AvgIpc) is 2.45. The molecule has 0 aromatic heterocycles. The Hall–Kier alpha value is -2.89. The molecule has 2 rings (SSSR count). The molecule has 2 aromatic carbocycles. The molecular weight excluding hydrogens is 275 g/mol. The van der Waals surface area contributed by atoms with Gasteiger partial charge in [0.2, 0.25) is 0 Å². The van der Waals surface area contributed by atoms with Crippen LogP contribution in [0.25, 0.3) is 0 Å². The number of benzene rings is 2. The van der Waals surface area contributed by atoms with Gasteiger partial charge in [-0.25, -0.2) is 4.39 Å². The number of hydrogen-bond donors (Lipinski definition) is 3. The summed E-state index contributed by atoms with van der Waals surface area (Å²) in [6, 6.07) is 9.64. The highest BCUT2D eigenvalue weighted by Crippen LogP contribution is 2.23. The third kappa shape index (κ3) is 3.79. The third-order valence-electron chi connectivity index (χ3n) is 2.71. The number of carbonyl (C=O) groups is 2. The molecule has 0 unspecified atom stereocenters. The summed E-state index contributed by atoms with van der Waals surface area (Å²) < 4.78 is 12.7. The zero-order valence-corrected chi connectivity index (χ0v) is 11.2. The summed E-state index contributed by atoms with van der Waals surface area (Å²) in [5, 5.41) is 14.2. The van der Waals surface area contributed by atoms with Gasteiger partial charge in [-0.15, -0.1) is 0 Å². The second-order valence-electron chi connectivity index (χ2n) is 4.44. The normalized spacial score (nSPS) is 10.0. The molecule has 5 nitrogen and oxygen atoms in total. The second-order valence-corrected chi connectivity index (χ2v) is 4.44. The smallest absolute Gasteiger partial charge is 0.314 e. The molecule has 0 saturated carbocycles. The fourth-order valence-electron chi connectivity index (χ4n) is 1.65. The van der Waals surface area contributed by atoms with E-state index >= 15 is 0 Å². The Kier molecular flexibility index (Phi) is 4.18. The summed E-state index contributed by atoms with van der Waals surface area (Å²) in [5.41, 5.74) is 1.27. The zero-order chi connectivity index (χ0) is 15.4. The van der Waals surface area contributed by atoms with Crippen molar-refractivity contribution in [3.05, 3.63) is 53.8 Å². The van der Waals surface area contributed by atoms with Crippen LogP contribution in [0.5, 0.6) is 5.75 Å². The predicted octanol–water partition coefficient (Wildman–Crippen LogP) is 2.42. The van der Waals surface area contributed by atoms with Crippen molar-refractivity contribution in [2.45, 2.75) is 6.92 Å². The summed E-state index contributed by atoms with van der Waals surface area (Å²) >= 11 is 0. The fraction of sp³-hybridized carbons (Fsp3) is 0.0667. The summed E-state index contributed by atoms with van der Waals surface area (Å²) in [6.07, 6.45) is 0. The number of anilines is 2. The number of hydrogen-bond acceptors (Lipinski definition) is 3. The standard InChI is InChI=1S/C15H13FN2O3/c1-9-2-7-13(19)12(8-9)18-15(21)14(20)17-11-5-3-10(16)4-6-11/h2-8,19H,1H3,(H,17,20)(H,18,21). The summed E-state index contributed by atoms with van der Waals surface area (Å²) in [4.78, 5) is 23.4. The van der Waals surface area contributed by atoms with Crippen LogP contribution in [0, 0.1) is 12.7 Å². The van der Waals surface area contributed by atoms with Crippen molar-refractivity contribution in [2.75, 3.05) is 10.6 Å². The lowest BCUT2D eigenvalue weighted by Gasteiger charge is -2.08. The van der Waals surface area contributed by atoms with Gasteiger partial charge >= 0.3 is 11.8 Å². The lowest BCUT2D eigenvalue weighted by molar-refractivity contribution is -0.133. The minimum absolute atomic E-state index is 0.136. The molecule has 21 heavy (non-hydrogen) atoms. The molecular formula is C15H13FN2O3. The summed E-state index contributed by atoms with van der Waals surface area (Å²) in [5.74, 6) is -2.42. The Morgan fingerprint density at radius 1 is 1.00 bits per heavy atom. The Morgan fingerprint density at radius 2 is 1.62 bits per heavy atom. The maximum Gasteiger partial charge on any atom is 0.314 e. The first-order valence-corrected chi connectivity index (χ1v) is 6.13. The zero-order valence-electron chi connectivity index (χ0n) is 11.2. The first-order valence-electron chi connectivity index (χ1n) is 6.13. The van der Waals surface area contributed by atoms with Gasteiger partial charge in [0.05, 0.1) is 5.69 Å². The van der Waals surface area contributed by atoms with Crippen molar-refractivity contribution >= 4 is 23.2 Å². The molecule has 0 aliphatic heterocycles. The highest BCUT2D eigenvalue weighted by atomic mass is 19.1. The van der Waals surface area contributed by atoms with E-state index in [1.54, 1.807) is 19.1 Å². The Bertz CT molecular complexity index is 684. The SMILES string of the molecule is Cc1ccc(O)c(NC(=O)C(=O)Nc2ccc(F)cc2)c1. The van der Waals surface area contributed by atoms with Crippen molar-refractivity contribution in [1.82, 2.24) is 0 Å². The Morgan fingerprint density at radius 3 is 2.29 bits per heavy atom. The van der Waals surface area contributed by atoms with Crippen molar-refractivity contribution in [2.24, 2.45) is 0 Å². The molecule has 0 saturated heterocycles. The van der Waals surface area contributed by atoms with Gasteiger partial charge in [-0.2, -0.15) is 0 Å². The number of amides is 2. The highest BCUT2D eigenvalue weighted by Gasteiger charge is 2.15. The van der Waals surface area contributed by atoms with Crippen molar-refractivity contribution in [3.63, 3.8) is 0 Å². The monoisotopic (exact) mass is 288 g/mol. The van der Waals surface area contributed by atoms with Gasteiger partial charge in [0, 0.05) is 5.69 Å². The topological polar surface area (TPSA) is 78.4 Å². The number of phenolic OH excluding ortho intramolecular Hbond substituents is 1. The maximum absolute atomic E-state index is 12.7. The number of halogens is 1. The molecule has 2 aromatic rings. The molecule has 0 aliphatic carbocycles. The predicted molar refractivity (Wildman–Crippen MR) is 76.5 cm³/mol. The van der Waals surface area contributed by atoms with Gasteiger partial charge in [-0.1, -0.05) is 6.07 Å². The number of rotatable bonds is 2. The van der Waals surface area contributed by atoms with Crippen LogP contribution in [-0.4, -0.2) is 16.9 Å². The van der Waals surface area contributed by atoms with Gasteiger partial charge < -0.3 is 15.7 Å². The van der Waals surface area contributed by atoms with Gasteiger partial charge in [0.1, 0.15) is 11.6 Å². The van der Waals surface area contributed by atoms with Crippen LogP contribution >= 0.6 is 0 Å². The van der Waals surface area contributed by atoms with E-state index in [-0.39, 0.29) is 11.4 Å². The van der Waals surface area contributed by atoms with Crippen molar-refractivity contribution in [3.8, 4) is 5.75 Å². The van der Waals surface area contributed by atoms with Gasteiger partial charge in [0.25, 0.3) is 0 Å². The van der Waals surface area contributed by atoms with Crippen LogP contribution in [0.2, 0.25) is 0 Å². The third-order valence-corrected chi connectivity index (χ3v) is 2.71. The molecule has 0 radical (unpaired) electrons. The molecule has 0 fully saturated rings. The number of aromatic hydroxyl groups is 1. The lowest BCUT2D eigenvalue weighted by atomic mass is 10.2. The van der Waals surface area contributed by atoms with E-state index in [1.807, 2.05) is 0 Å². The summed E-state index contributed by atoms with van der Waals surface area (Å²) in [7, 11) is 0. The molecule has 0 spiro atoms. The van der Waals surface area contributed by atoms with E-state index in [2.05, 4.69) is 10.6 Å². The van der Waals surface area contributed by atoms with E-state index in [9.17, 15) is 19.1 Å². The molecule has 108 valence electrons. The van der Waals surface area contributed by atoms with Crippen LogP contribution in [0.4, 0.5) is 15.8 Å². The quantitative estimate of drug-likeness (QED) is 0.586. The molecule has 2 amide bonds. The van der Waals surface area contributed by atoms with Crippen LogP contribution < -0.4 is 10.6 Å². The van der Waals surface area contributed by atoms with Crippen LogP contribution in [0.1, 0.15) is 5.56 Å². The Labute approximate surface area is 120 Å². The fourth-order valence-corrected chi connectivity index (χ4v) is 1.65. The molecule has 0 heterocycles. The minimum atomic E-state index is -0.930. The van der Waals surface area contributed by atoms with E-state index in [0.717, 1.165) is 5.56 Å². The van der Waals surface area contributed by atoms with E-state index in [1.165, 1.54) is 30.3 Å². The van der Waals surface area contributed by atoms with Crippen LogP contribution in [0.3, 0.4) is 0 Å². The average molecular weight is 288 g/mol. The van der Waals surface area contributed by atoms with E-state index in [0.29, 0.717) is 5.69 Å². The van der Waals surface area contributed by atoms with Crippen molar-refractivity contribution < 1.29 is 19.1 Å². The van der Waals surface area contributed by atoms with Gasteiger partial charge in [-0.3, -0.25) is 9.59 Å². The largest absolute Gasteiger partial charge is 0.506 e. The second kappa shape index (κ2) is 6.04. The molecule has 6 heteroatoms. The Balaban J connectivity index is 2.04.